The van der Waals surface area contributed by atoms with E-state index in [0.717, 1.165) is 11.3 Å². The third-order valence-electron chi connectivity index (χ3n) is 2.20. The van der Waals surface area contributed by atoms with Crippen molar-refractivity contribution in [2.24, 2.45) is 0 Å². The van der Waals surface area contributed by atoms with Gasteiger partial charge >= 0.3 is 0 Å². The van der Waals surface area contributed by atoms with Crippen molar-refractivity contribution in [2.75, 3.05) is 6.54 Å². The van der Waals surface area contributed by atoms with Crippen molar-refractivity contribution in [2.45, 2.75) is 20.8 Å². The fourth-order valence-corrected chi connectivity index (χ4v) is 1.38. The number of amides is 1. The summed E-state index contributed by atoms with van der Waals surface area (Å²) in [4.78, 5) is 11.6. The van der Waals surface area contributed by atoms with Gasteiger partial charge in [-0.3, -0.25) is 4.79 Å². The molecular weight excluding hydrogens is 178 g/mol. The molecule has 1 rings (SSSR count). The van der Waals surface area contributed by atoms with Gasteiger partial charge in [-0.05, 0) is 20.8 Å². The lowest BCUT2D eigenvalue weighted by Crippen LogP contribution is -2.24. The van der Waals surface area contributed by atoms with Crippen LogP contribution in [0.4, 0.5) is 0 Å². The molecule has 0 aliphatic rings. The van der Waals surface area contributed by atoms with Crippen molar-refractivity contribution >= 4 is 5.91 Å². The van der Waals surface area contributed by atoms with E-state index in [-0.39, 0.29) is 5.91 Å². The van der Waals surface area contributed by atoms with Crippen LogP contribution in [-0.4, -0.2) is 12.5 Å². The van der Waals surface area contributed by atoms with Gasteiger partial charge in [0, 0.05) is 12.1 Å². The second kappa shape index (κ2) is 4.13. The highest BCUT2D eigenvalue weighted by atomic mass is 16.3. The summed E-state index contributed by atoms with van der Waals surface area (Å²) in [6.45, 7) is 9.54. The topological polar surface area (TPSA) is 42.2 Å². The van der Waals surface area contributed by atoms with E-state index in [1.165, 1.54) is 0 Å². The van der Waals surface area contributed by atoms with E-state index < -0.39 is 0 Å². The summed E-state index contributed by atoms with van der Waals surface area (Å²) < 4.78 is 5.36. The quantitative estimate of drug-likeness (QED) is 0.747. The maximum absolute atomic E-state index is 11.6. The van der Waals surface area contributed by atoms with Gasteiger partial charge in [-0.25, -0.2) is 0 Å². The van der Waals surface area contributed by atoms with Crippen LogP contribution in [0.2, 0.25) is 0 Å². The van der Waals surface area contributed by atoms with Gasteiger partial charge in [0.15, 0.2) is 0 Å². The summed E-state index contributed by atoms with van der Waals surface area (Å²) in [6.07, 6.45) is 1.65. The molecule has 0 spiro atoms. The fourth-order valence-electron chi connectivity index (χ4n) is 1.38. The molecule has 1 aromatic heterocycles. The molecular formula is C11H15NO2. The number of furan rings is 1. The molecule has 0 bridgehead atoms. The van der Waals surface area contributed by atoms with Gasteiger partial charge < -0.3 is 9.73 Å². The molecule has 76 valence electrons. The number of rotatable bonds is 3. The minimum absolute atomic E-state index is 0.100. The second-order valence-corrected chi connectivity index (χ2v) is 3.21. The largest absolute Gasteiger partial charge is 0.466 e. The Bertz CT molecular complexity index is 364. The SMILES string of the molecule is C=CCNC(=O)c1c(C)oc(C)c1C. The first-order valence-corrected chi connectivity index (χ1v) is 4.53. The Labute approximate surface area is 83.8 Å². The molecule has 0 saturated heterocycles. The molecule has 0 aromatic carbocycles. The summed E-state index contributed by atoms with van der Waals surface area (Å²) in [5.74, 6) is 1.37. The number of carbonyl (C=O) groups is 1. The Morgan fingerprint density at radius 2 is 2.07 bits per heavy atom. The second-order valence-electron chi connectivity index (χ2n) is 3.21. The number of nitrogens with one attached hydrogen (secondary N) is 1. The normalized spacial score (nSPS) is 9.93. The Balaban J connectivity index is 2.94. The third-order valence-corrected chi connectivity index (χ3v) is 2.20. The van der Waals surface area contributed by atoms with Gasteiger partial charge in [0.1, 0.15) is 11.5 Å². The molecule has 1 heterocycles. The molecule has 0 aliphatic carbocycles. The predicted molar refractivity (Wildman–Crippen MR) is 55.4 cm³/mol. The van der Waals surface area contributed by atoms with Gasteiger partial charge in [-0.1, -0.05) is 6.08 Å². The first-order chi connectivity index (χ1) is 6.57. The molecule has 0 aliphatic heterocycles. The van der Waals surface area contributed by atoms with Gasteiger partial charge in [0.25, 0.3) is 5.91 Å². The molecule has 14 heavy (non-hydrogen) atoms. The molecule has 0 fully saturated rings. The van der Waals surface area contributed by atoms with Crippen molar-refractivity contribution in [3.8, 4) is 0 Å². The molecule has 3 nitrogen and oxygen atoms in total. The van der Waals surface area contributed by atoms with Gasteiger partial charge in [0.2, 0.25) is 0 Å². The van der Waals surface area contributed by atoms with Crippen LogP contribution in [0.1, 0.15) is 27.4 Å². The van der Waals surface area contributed by atoms with Crippen molar-refractivity contribution in [3.63, 3.8) is 0 Å². The third kappa shape index (κ3) is 1.87. The van der Waals surface area contributed by atoms with Crippen LogP contribution < -0.4 is 5.32 Å². The van der Waals surface area contributed by atoms with E-state index in [2.05, 4.69) is 11.9 Å². The number of hydrogen-bond acceptors (Lipinski definition) is 2. The maximum Gasteiger partial charge on any atom is 0.255 e. The first-order valence-electron chi connectivity index (χ1n) is 4.53. The molecule has 0 saturated carbocycles. The summed E-state index contributed by atoms with van der Waals surface area (Å²) in [7, 11) is 0. The molecule has 0 unspecified atom stereocenters. The fraction of sp³-hybridized carbons (Fsp3) is 0.364. The molecule has 0 radical (unpaired) electrons. The van der Waals surface area contributed by atoms with Crippen molar-refractivity contribution in [1.29, 1.82) is 0 Å². The van der Waals surface area contributed by atoms with Crippen LogP contribution >= 0.6 is 0 Å². The smallest absolute Gasteiger partial charge is 0.255 e. The zero-order valence-electron chi connectivity index (χ0n) is 8.81. The number of aryl methyl sites for hydroxylation is 2. The minimum Gasteiger partial charge on any atom is -0.466 e. The molecule has 0 atom stereocenters. The Kier molecular flexibility index (Phi) is 3.12. The summed E-state index contributed by atoms with van der Waals surface area (Å²) in [5, 5.41) is 2.73. The average Bonchev–Trinajstić information content (AvgIpc) is 2.38. The highest BCUT2D eigenvalue weighted by Gasteiger charge is 2.17. The van der Waals surface area contributed by atoms with Crippen LogP contribution in [0, 0.1) is 20.8 Å². The zero-order valence-corrected chi connectivity index (χ0v) is 8.81. The van der Waals surface area contributed by atoms with Gasteiger partial charge in [-0.15, -0.1) is 6.58 Å². The van der Waals surface area contributed by atoms with Crippen molar-refractivity contribution < 1.29 is 9.21 Å². The Morgan fingerprint density at radius 1 is 1.43 bits per heavy atom. The molecule has 1 aromatic rings. The average molecular weight is 193 g/mol. The monoisotopic (exact) mass is 193 g/mol. The van der Waals surface area contributed by atoms with Crippen molar-refractivity contribution in [1.82, 2.24) is 5.32 Å². The number of hydrogen-bond donors (Lipinski definition) is 1. The standard InChI is InChI=1S/C11H15NO2/c1-5-6-12-11(13)10-7(2)8(3)14-9(10)4/h5H,1,6H2,2-4H3,(H,12,13). The van der Waals surface area contributed by atoms with Crippen molar-refractivity contribution in [3.05, 3.63) is 35.3 Å². The van der Waals surface area contributed by atoms with E-state index >= 15 is 0 Å². The van der Waals surface area contributed by atoms with E-state index in [1.807, 2.05) is 13.8 Å². The summed E-state index contributed by atoms with van der Waals surface area (Å²) >= 11 is 0. The van der Waals surface area contributed by atoms with E-state index in [4.69, 9.17) is 4.42 Å². The van der Waals surface area contributed by atoms with Crippen LogP contribution in [0.15, 0.2) is 17.1 Å². The highest BCUT2D eigenvalue weighted by molar-refractivity contribution is 5.96. The van der Waals surface area contributed by atoms with Gasteiger partial charge in [-0.2, -0.15) is 0 Å². The van der Waals surface area contributed by atoms with Gasteiger partial charge in [0.05, 0.1) is 5.56 Å². The van der Waals surface area contributed by atoms with E-state index in [1.54, 1.807) is 13.0 Å². The lowest BCUT2D eigenvalue weighted by molar-refractivity contribution is 0.0956. The van der Waals surface area contributed by atoms with Crippen LogP contribution in [0.25, 0.3) is 0 Å². The lowest BCUT2D eigenvalue weighted by Gasteiger charge is -2.01. The van der Waals surface area contributed by atoms with E-state index in [9.17, 15) is 4.79 Å². The molecule has 1 amide bonds. The number of carbonyl (C=O) groups excluding carboxylic acids is 1. The summed E-state index contributed by atoms with van der Waals surface area (Å²) in [5.41, 5.74) is 1.55. The van der Waals surface area contributed by atoms with Crippen LogP contribution in [0.5, 0.6) is 0 Å². The Hall–Kier alpha value is -1.51. The lowest BCUT2D eigenvalue weighted by atomic mass is 10.1. The Morgan fingerprint density at radius 3 is 2.50 bits per heavy atom. The predicted octanol–water partition coefficient (Wildman–Crippen LogP) is 2.12. The minimum atomic E-state index is -0.100. The maximum atomic E-state index is 11.6. The van der Waals surface area contributed by atoms with Crippen LogP contribution in [0.3, 0.4) is 0 Å². The van der Waals surface area contributed by atoms with Crippen LogP contribution in [-0.2, 0) is 0 Å². The first kappa shape index (κ1) is 10.6. The molecule has 3 heteroatoms. The zero-order chi connectivity index (χ0) is 10.7. The highest BCUT2D eigenvalue weighted by Crippen LogP contribution is 2.20. The molecule has 1 N–H and O–H groups in total. The summed E-state index contributed by atoms with van der Waals surface area (Å²) in [6, 6.07) is 0. The van der Waals surface area contributed by atoms with E-state index in [0.29, 0.717) is 17.9 Å².